The van der Waals surface area contributed by atoms with Gasteiger partial charge in [0.25, 0.3) is 0 Å². The van der Waals surface area contributed by atoms with Crippen LogP contribution in [0.15, 0.2) is 23.3 Å². The number of aliphatic imine (C=N–C) groups is 1. The van der Waals surface area contributed by atoms with Crippen LogP contribution in [-0.2, 0) is 16.0 Å². The van der Waals surface area contributed by atoms with Gasteiger partial charge in [0.2, 0.25) is 5.88 Å². The molecule has 2 heterocycles. The molecule has 0 aromatic carbocycles. The third kappa shape index (κ3) is 7.71. The molecule has 1 aliphatic carbocycles. The summed E-state index contributed by atoms with van der Waals surface area (Å²) in [5.74, 6) is 1.51. The molecule has 0 spiro atoms. The number of nitrogens with zero attached hydrogens (tertiary/aromatic N) is 2. The summed E-state index contributed by atoms with van der Waals surface area (Å²) in [7, 11) is 1.78. The zero-order valence-electron chi connectivity index (χ0n) is 16.7. The number of ether oxygens (including phenoxy) is 3. The zero-order valence-corrected chi connectivity index (χ0v) is 19.0. The average Bonchev–Trinajstić information content (AvgIpc) is 3.39. The van der Waals surface area contributed by atoms with Crippen LogP contribution in [0.4, 0.5) is 0 Å². The van der Waals surface area contributed by atoms with E-state index in [4.69, 9.17) is 14.2 Å². The van der Waals surface area contributed by atoms with Gasteiger partial charge in [-0.2, -0.15) is 0 Å². The normalized spacial score (nSPS) is 20.0. The van der Waals surface area contributed by atoms with Crippen molar-refractivity contribution in [2.24, 2.45) is 4.99 Å². The van der Waals surface area contributed by atoms with Gasteiger partial charge in [0, 0.05) is 45.1 Å². The lowest BCUT2D eigenvalue weighted by atomic mass is 10.2. The summed E-state index contributed by atoms with van der Waals surface area (Å²) in [6.07, 6.45) is 9.05. The zero-order chi connectivity index (χ0) is 18.7. The van der Waals surface area contributed by atoms with Crippen LogP contribution >= 0.6 is 24.0 Å². The molecule has 0 radical (unpaired) electrons. The third-order valence-electron chi connectivity index (χ3n) is 4.96. The Labute approximate surface area is 185 Å². The van der Waals surface area contributed by atoms with Crippen molar-refractivity contribution in [2.75, 3.05) is 33.4 Å². The molecule has 1 unspecified atom stereocenters. The molecule has 2 N–H and O–H groups in total. The summed E-state index contributed by atoms with van der Waals surface area (Å²) in [6, 6.07) is 3.99. The molecule has 1 saturated heterocycles. The third-order valence-corrected chi connectivity index (χ3v) is 4.96. The average molecular weight is 504 g/mol. The molecule has 1 atom stereocenters. The SMILES string of the molecule is CN=C(NCCCOC1CCOC1)NCc1cccnc1OC1CCCC1.I. The fraction of sp³-hybridized carbons (Fsp3) is 0.700. The molecule has 1 saturated carbocycles. The van der Waals surface area contributed by atoms with Gasteiger partial charge in [0.1, 0.15) is 6.10 Å². The number of rotatable bonds is 9. The van der Waals surface area contributed by atoms with Crippen molar-refractivity contribution in [2.45, 2.75) is 57.3 Å². The van der Waals surface area contributed by atoms with Crippen LogP contribution in [0.3, 0.4) is 0 Å². The van der Waals surface area contributed by atoms with Gasteiger partial charge in [-0.3, -0.25) is 4.99 Å². The molecule has 1 aromatic rings. The molecule has 0 bridgehead atoms. The minimum Gasteiger partial charge on any atom is -0.474 e. The van der Waals surface area contributed by atoms with Crippen LogP contribution < -0.4 is 15.4 Å². The van der Waals surface area contributed by atoms with E-state index in [9.17, 15) is 0 Å². The van der Waals surface area contributed by atoms with Gasteiger partial charge in [0.05, 0.1) is 12.7 Å². The molecule has 28 heavy (non-hydrogen) atoms. The second-order valence-corrected chi connectivity index (χ2v) is 7.05. The van der Waals surface area contributed by atoms with Gasteiger partial charge in [-0.1, -0.05) is 6.07 Å². The quantitative estimate of drug-likeness (QED) is 0.233. The summed E-state index contributed by atoms with van der Waals surface area (Å²) < 4.78 is 17.2. The first-order chi connectivity index (χ1) is 13.3. The fourth-order valence-electron chi connectivity index (χ4n) is 3.40. The highest BCUT2D eigenvalue weighted by molar-refractivity contribution is 14.0. The van der Waals surface area contributed by atoms with Crippen molar-refractivity contribution in [1.29, 1.82) is 0 Å². The Hall–Kier alpha value is -1.13. The number of aromatic nitrogens is 1. The largest absolute Gasteiger partial charge is 0.474 e. The lowest BCUT2D eigenvalue weighted by Crippen LogP contribution is -2.37. The maximum Gasteiger partial charge on any atom is 0.218 e. The van der Waals surface area contributed by atoms with Crippen molar-refractivity contribution < 1.29 is 14.2 Å². The summed E-state index contributed by atoms with van der Waals surface area (Å²) >= 11 is 0. The van der Waals surface area contributed by atoms with Crippen LogP contribution in [0.2, 0.25) is 0 Å². The first-order valence-electron chi connectivity index (χ1n) is 10.1. The Morgan fingerprint density at radius 3 is 2.86 bits per heavy atom. The molecule has 7 nitrogen and oxygen atoms in total. The van der Waals surface area contributed by atoms with E-state index in [1.54, 1.807) is 13.2 Å². The molecule has 3 rings (SSSR count). The summed E-state index contributed by atoms with van der Waals surface area (Å²) in [5.41, 5.74) is 1.05. The van der Waals surface area contributed by atoms with E-state index in [1.807, 2.05) is 6.07 Å². The first-order valence-corrected chi connectivity index (χ1v) is 10.1. The molecule has 1 aliphatic heterocycles. The van der Waals surface area contributed by atoms with Gasteiger partial charge in [-0.25, -0.2) is 4.98 Å². The van der Waals surface area contributed by atoms with Gasteiger partial charge in [-0.05, 0) is 44.6 Å². The lowest BCUT2D eigenvalue weighted by Gasteiger charge is -2.17. The fourth-order valence-corrected chi connectivity index (χ4v) is 3.40. The molecule has 2 aliphatic rings. The Bertz CT molecular complexity index is 591. The standard InChI is InChI=1S/C20H32N4O3.HI/c1-21-20(23-11-5-12-26-18-9-13-25-15-18)24-14-16-6-4-10-22-19(16)27-17-7-2-3-8-17;/h4,6,10,17-18H,2-3,5,7-9,11-15H2,1H3,(H2,21,23,24);1H. The van der Waals surface area contributed by atoms with E-state index in [0.717, 1.165) is 69.5 Å². The van der Waals surface area contributed by atoms with Gasteiger partial charge in [0.15, 0.2) is 5.96 Å². The van der Waals surface area contributed by atoms with E-state index in [0.29, 0.717) is 12.6 Å². The maximum absolute atomic E-state index is 6.10. The smallest absolute Gasteiger partial charge is 0.218 e. The maximum atomic E-state index is 6.10. The number of guanidine groups is 1. The minimum atomic E-state index is 0. The van der Waals surface area contributed by atoms with Crippen LogP contribution in [0.5, 0.6) is 5.88 Å². The van der Waals surface area contributed by atoms with Crippen molar-refractivity contribution in [3.8, 4) is 5.88 Å². The van der Waals surface area contributed by atoms with Crippen LogP contribution in [0.1, 0.15) is 44.1 Å². The van der Waals surface area contributed by atoms with Crippen molar-refractivity contribution >= 4 is 29.9 Å². The minimum absolute atomic E-state index is 0. The number of nitrogens with one attached hydrogen (secondary N) is 2. The highest BCUT2D eigenvalue weighted by Gasteiger charge is 2.18. The van der Waals surface area contributed by atoms with E-state index >= 15 is 0 Å². The highest BCUT2D eigenvalue weighted by atomic mass is 127. The molecule has 0 amide bonds. The van der Waals surface area contributed by atoms with Crippen molar-refractivity contribution in [1.82, 2.24) is 15.6 Å². The second-order valence-electron chi connectivity index (χ2n) is 7.05. The van der Waals surface area contributed by atoms with Crippen molar-refractivity contribution in [3.63, 3.8) is 0 Å². The van der Waals surface area contributed by atoms with E-state index in [-0.39, 0.29) is 30.1 Å². The molecular formula is C20H33IN4O3. The van der Waals surface area contributed by atoms with Gasteiger partial charge >= 0.3 is 0 Å². The molecule has 158 valence electrons. The van der Waals surface area contributed by atoms with Gasteiger partial charge in [-0.15, -0.1) is 24.0 Å². The van der Waals surface area contributed by atoms with Crippen molar-refractivity contribution in [3.05, 3.63) is 23.9 Å². The number of halogens is 1. The Kier molecular flexibility index (Phi) is 10.9. The molecule has 1 aromatic heterocycles. The lowest BCUT2D eigenvalue weighted by molar-refractivity contribution is 0.0420. The number of hydrogen-bond donors (Lipinski definition) is 2. The Balaban J connectivity index is 0.00000280. The van der Waals surface area contributed by atoms with Crippen LogP contribution in [0.25, 0.3) is 0 Å². The predicted molar refractivity (Wildman–Crippen MR) is 121 cm³/mol. The summed E-state index contributed by atoms with van der Waals surface area (Å²) in [4.78, 5) is 8.70. The topological polar surface area (TPSA) is 77.0 Å². The van der Waals surface area contributed by atoms with E-state index < -0.39 is 0 Å². The van der Waals surface area contributed by atoms with Crippen LogP contribution in [0, 0.1) is 0 Å². The number of hydrogen-bond acceptors (Lipinski definition) is 5. The Morgan fingerprint density at radius 1 is 1.25 bits per heavy atom. The van der Waals surface area contributed by atoms with E-state index in [2.05, 4.69) is 26.7 Å². The van der Waals surface area contributed by atoms with E-state index in [1.165, 1.54) is 12.8 Å². The molecular weight excluding hydrogens is 471 g/mol. The second kappa shape index (κ2) is 13.2. The number of pyridine rings is 1. The molecule has 2 fully saturated rings. The monoisotopic (exact) mass is 504 g/mol. The Morgan fingerprint density at radius 2 is 2.11 bits per heavy atom. The van der Waals surface area contributed by atoms with Crippen LogP contribution in [-0.4, -0.2) is 56.6 Å². The summed E-state index contributed by atoms with van der Waals surface area (Å²) in [6.45, 7) is 3.73. The highest BCUT2D eigenvalue weighted by Crippen LogP contribution is 2.24. The van der Waals surface area contributed by atoms with Gasteiger partial charge < -0.3 is 24.8 Å². The molecule has 8 heteroatoms. The summed E-state index contributed by atoms with van der Waals surface area (Å²) in [5, 5.41) is 6.67. The predicted octanol–water partition coefficient (Wildman–Crippen LogP) is 2.88. The first kappa shape index (κ1) is 23.2.